The number of hydrogen-bond acceptors (Lipinski definition) is 7. The fourth-order valence-corrected chi connectivity index (χ4v) is 6.14. The molecule has 0 amide bonds. The Kier molecular flexibility index (Phi) is 5.23. The molecule has 8 heteroatoms. The molecule has 3 aromatic rings. The Balaban J connectivity index is 1.85. The first-order valence-corrected chi connectivity index (χ1v) is 12.0. The lowest BCUT2D eigenvalue weighted by Gasteiger charge is -2.16. The van der Waals surface area contributed by atoms with Crippen molar-refractivity contribution in [2.75, 3.05) is 0 Å². The van der Waals surface area contributed by atoms with Crippen LogP contribution in [-0.4, -0.2) is 23.4 Å². The normalized spacial score (nSPS) is 17.1. The van der Waals surface area contributed by atoms with Gasteiger partial charge in [-0.25, -0.2) is 4.98 Å². The van der Waals surface area contributed by atoms with Crippen molar-refractivity contribution in [3.63, 3.8) is 0 Å². The largest absolute Gasteiger partial charge is 0.357 e. The van der Waals surface area contributed by atoms with Gasteiger partial charge >= 0.3 is 10.1 Å². The van der Waals surface area contributed by atoms with Crippen LogP contribution in [0.4, 0.5) is 0 Å². The maximum atomic E-state index is 13.4. The van der Waals surface area contributed by atoms with Crippen molar-refractivity contribution in [2.45, 2.75) is 34.6 Å². The summed E-state index contributed by atoms with van der Waals surface area (Å²) < 4.78 is 33.1. The standard InChI is InChI=1S/C22H23N3O3S2/c1-12(2)17-10-13(3)15(5)20(17)30(26,27)28-22-19-18(14(4)11-29-19)24-21(25-22)16-6-8-23-9-7-16/h6-12,15H,1-5H3/t15-/m1/s1. The minimum atomic E-state index is -4.04. The number of nitrogens with zero attached hydrogens (tertiary/aromatic N) is 3. The summed E-state index contributed by atoms with van der Waals surface area (Å²) in [6.45, 7) is 9.75. The lowest BCUT2D eigenvalue weighted by Crippen LogP contribution is -2.19. The Hall–Kier alpha value is -2.58. The third kappa shape index (κ3) is 3.54. The van der Waals surface area contributed by atoms with E-state index in [2.05, 4.69) is 15.0 Å². The van der Waals surface area contributed by atoms with Gasteiger partial charge in [-0.3, -0.25) is 4.98 Å². The molecule has 4 rings (SSSR count). The summed E-state index contributed by atoms with van der Waals surface area (Å²) in [6.07, 6.45) is 5.25. The molecule has 0 unspecified atom stereocenters. The number of allylic oxidation sites excluding steroid dienone is 4. The fraction of sp³-hybridized carbons (Fsp3) is 0.318. The number of fused-ring (bicyclic) bond motifs is 1. The average molecular weight is 442 g/mol. The van der Waals surface area contributed by atoms with E-state index in [0.717, 1.165) is 22.3 Å². The molecule has 1 atom stereocenters. The lowest BCUT2D eigenvalue weighted by molar-refractivity contribution is 0.482. The zero-order valence-electron chi connectivity index (χ0n) is 17.5. The predicted molar refractivity (Wildman–Crippen MR) is 120 cm³/mol. The van der Waals surface area contributed by atoms with E-state index in [4.69, 9.17) is 4.18 Å². The smallest absolute Gasteiger partial charge is 0.337 e. The molecule has 30 heavy (non-hydrogen) atoms. The van der Waals surface area contributed by atoms with Gasteiger partial charge in [0.05, 0.1) is 10.4 Å². The van der Waals surface area contributed by atoms with Gasteiger partial charge in [0.1, 0.15) is 4.70 Å². The molecule has 1 aliphatic rings. The second-order valence-electron chi connectivity index (χ2n) is 7.81. The van der Waals surface area contributed by atoms with Crippen molar-refractivity contribution >= 4 is 31.7 Å². The van der Waals surface area contributed by atoms with Gasteiger partial charge in [-0.15, -0.1) is 11.3 Å². The highest BCUT2D eigenvalue weighted by Crippen LogP contribution is 2.40. The zero-order chi connectivity index (χ0) is 21.6. The number of aryl methyl sites for hydroxylation is 1. The van der Waals surface area contributed by atoms with Crippen LogP contribution >= 0.6 is 11.3 Å². The first-order valence-electron chi connectivity index (χ1n) is 9.72. The Morgan fingerprint density at radius 2 is 1.83 bits per heavy atom. The van der Waals surface area contributed by atoms with E-state index in [1.165, 1.54) is 11.3 Å². The van der Waals surface area contributed by atoms with E-state index in [-0.39, 0.29) is 17.7 Å². The van der Waals surface area contributed by atoms with Gasteiger partial charge in [-0.05, 0) is 48.4 Å². The van der Waals surface area contributed by atoms with Gasteiger partial charge in [0, 0.05) is 23.9 Å². The number of rotatable bonds is 5. The Bertz CT molecular complexity index is 1290. The summed E-state index contributed by atoms with van der Waals surface area (Å²) in [7, 11) is -4.04. The molecule has 0 aromatic carbocycles. The Morgan fingerprint density at radius 1 is 1.13 bits per heavy atom. The van der Waals surface area contributed by atoms with Crippen LogP contribution in [-0.2, 0) is 10.1 Å². The number of thiophene rings is 1. The van der Waals surface area contributed by atoms with E-state index < -0.39 is 10.1 Å². The summed E-state index contributed by atoms with van der Waals surface area (Å²) in [5.74, 6) is 0.315. The zero-order valence-corrected chi connectivity index (χ0v) is 19.1. The van der Waals surface area contributed by atoms with Gasteiger partial charge in [0.2, 0.25) is 0 Å². The van der Waals surface area contributed by atoms with E-state index in [1.54, 1.807) is 24.5 Å². The molecule has 0 N–H and O–H groups in total. The summed E-state index contributed by atoms with van der Waals surface area (Å²) >= 11 is 1.38. The molecule has 0 radical (unpaired) electrons. The van der Waals surface area contributed by atoms with E-state index >= 15 is 0 Å². The Labute approximate surface area is 180 Å². The highest BCUT2D eigenvalue weighted by Gasteiger charge is 2.35. The third-order valence-corrected chi connectivity index (χ3v) is 7.90. The molecule has 0 saturated heterocycles. The number of hydrogen-bond donors (Lipinski definition) is 0. The second-order valence-corrected chi connectivity index (χ2v) is 10.2. The van der Waals surface area contributed by atoms with E-state index in [1.807, 2.05) is 46.1 Å². The van der Waals surface area contributed by atoms with Crippen LogP contribution in [0.2, 0.25) is 0 Å². The molecule has 0 fully saturated rings. The predicted octanol–water partition coefficient (Wildman–Crippen LogP) is 5.28. The first kappa shape index (κ1) is 20.7. The van der Waals surface area contributed by atoms with Crippen LogP contribution in [0.5, 0.6) is 5.88 Å². The van der Waals surface area contributed by atoms with Gasteiger partial charge in [-0.2, -0.15) is 13.4 Å². The fourth-order valence-electron chi connectivity index (χ4n) is 3.55. The topological polar surface area (TPSA) is 82.0 Å². The minimum Gasteiger partial charge on any atom is -0.357 e. The summed E-state index contributed by atoms with van der Waals surface area (Å²) in [5.41, 5.74) is 4.19. The van der Waals surface area contributed by atoms with Gasteiger partial charge < -0.3 is 4.18 Å². The average Bonchev–Trinajstić information content (AvgIpc) is 3.23. The molecule has 156 valence electrons. The van der Waals surface area contributed by atoms with Crippen molar-refractivity contribution < 1.29 is 12.6 Å². The molecular weight excluding hydrogens is 418 g/mol. The maximum absolute atomic E-state index is 13.4. The molecule has 0 spiro atoms. The van der Waals surface area contributed by atoms with Gasteiger partial charge in [0.15, 0.2) is 5.82 Å². The maximum Gasteiger partial charge on any atom is 0.337 e. The molecule has 3 heterocycles. The molecular formula is C22H23N3O3S2. The third-order valence-electron chi connectivity index (χ3n) is 5.32. The summed E-state index contributed by atoms with van der Waals surface area (Å²) in [6, 6.07) is 3.57. The molecule has 1 aliphatic carbocycles. The molecule has 0 saturated carbocycles. The van der Waals surface area contributed by atoms with Crippen LogP contribution in [0, 0.1) is 18.8 Å². The van der Waals surface area contributed by atoms with Crippen molar-refractivity contribution in [1.82, 2.24) is 15.0 Å². The highest BCUT2D eigenvalue weighted by atomic mass is 32.2. The van der Waals surface area contributed by atoms with Gasteiger partial charge in [0.25, 0.3) is 5.88 Å². The van der Waals surface area contributed by atoms with Crippen LogP contribution in [0.25, 0.3) is 21.6 Å². The summed E-state index contributed by atoms with van der Waals surface area (Å²) in [5, 5.41) is 1.93. The van der Waals surface area contributed by atoms with Crippen LogP contribution in [0.1, 0.15) is 33.3 Å². The minimum absolute atomic E-state index is 0.0669. The number of pyridine rings is 1. The lowest BCUT2D eigenvalue weighted by atomic mass is 10.0. The Morgan fingerprint density at radius 3 is 2.50 bits per heavy atom. The van der Waals surface area contributed by atoms with E-state index in [0.29, 0.717) is 20.9 Å². The molecule has 6 nitrogen and oxygen atoms in total. The monoisotopic (exact) mass is 441 g/mol. The first-order chi connectivity index (χ1) is 14.2. The van der Waals surface area contributed by atoms with Crippen LogP contribution < -0.4 is 4.18 Å². The van der Waals surface area contributed by atoms with E-state index in [9.17, 15) is 8.42 Å². The van der Waals surface area contributed by atoms with Gasteiger partial charge in [-0.1, -0.05) is 32.4 Å². The van der Waals surface area contributed by atoms with Crippen LogP contribution in [0.15, 0.2) is 52.0 Å². The molecule has 0 aliphatic heterocycles. The second kappa shape index (κ2) is 7.59. The summed E-state index contributed by atoms with van der Waals surface area (Å²) in [4.78, 5) is 13.5. The number of aromatic nitrogens is 3. The SMILES string of the molecule is CC1=CC(C(C)C)=C(S(=O)(=O)Oc2nc(-c3ccncc3)nc3c(C)csc23)[C@@H]1C. The van der Waals surface area contributed by atoms with Crippen molar-refractivity contribution in [2.24, 2.45) is 11.8 Å². The van der Waals surface area contributed by atoms with Crippen LogP contribution in [0.3, 0.4) is 0 Å². The molecule has 0 bridgehead atoms. The van der Waals surface area contributed by atoms with Crippen molar-refractivity contribution in [3.8, 4) is 17.3 Å². The van der Waals surface area contributed by atoms with Crippen molar-refractivity contribution in [1.29, 1.82) is 0 Å². The van der Waals surface area contributed by atoms with Crippen molar-refractivity contribution in [3.05, 3.63) is 57.6 Å². The quantitative estimate of drug-likeness (QED) is 0.501. The molecule has 3 aromatic heterocycles. The highest BCUT2D eigenvalue weighted by molar-refractivity contribution is 7.91.